The van der Waals surface area contributed by atoms with Gasteiger partial charge in [-0.05, 0) is 0 Å². The first kappa shape index (κ1) is 6.28. The van der Waals surface area contributed by atoms with E-state index in [9.17, 15) is 13.2 Å². The maximum absolute atomic E-state index is 11.1. The van der Waals surface area contributed by atoms with E-state index in [-0.39, 0.29) is 0 Å². The summed E-state index contributed by atoms with van der Waals surface area (Å²) in [7, 11) is 0. The van der Waals surface area contributed by atoms with E-state index in [0.29, 0.717) is 6.07 Å². The van der Waals surface area contributed by atoms with E-state index < -0.39 is 12.6 Å². The molecule has 0 heterocycles. The third-order valence-corrected chi connectivity index (χ3v) is 0.286. The molecule has 0 unspecified atom stereocenters. The molecule has 0 aliphatic heterocycles. The average Bonchev–Trinajstić information content (AvgIpc) is 1.68. The normalized spacial score (nSPS) is 10.6. The minimum Gasteiger partial charge on any atom is -0.236 e. The summed E-state index contributed by atoms with van der Waals surface area (Å²) in [6, 6.07) is 0.427. The fourth-order valence-corrected chi connectivity index (χ4v) is 0.0244. The molecule has 0 amide bonds. The molecule has 0 rings (SSSR count). The zero-order valence-corrected chi connectivity index (χ0v) is 3.16. The third kappa shape index (κ3) is 2.04. The van der Waals surface area contributed by atoms with Gasteiger partial charge in [-0.25, -0.2) is 4.39 Å². The van der Waals surface area contributed by atoms with Gasteiger partial charge in [0.15, 0.2) is 0 Å². The van der Waals surface area contributed by atoms with Gasteiger partial charge in [-0.15, -0.1) is 0 Å². The van der Waals surface area contributed by atoms with Gasteiger partial charge in [0.2, 0.25) is 6.67 Å². The topological polar surface area (TPSA) is 23.8 Å². The number of nitriles is 1. The second-order valence-corrected chi connectivity index (χ2v) is 0.844. The van der Waals surface area contributed by atoms with Crippen molar-refractivity contribution in [3.05, 3.63) is 6.67 Å². The minimum atomic E-state index is -3.90. The molecule has 0 aliphatic carbocycles. The summed E-state index contributed by atoms with van der Waals surface area (Å²) in [5.41, 5.74) is 0. The predicted molar refractivity (Wildman–Crippen MR) is 16.0 cm³/mol. The molecule has 0 aromatic carbocycles. The number of hydrogen-bond donors (Lipinski definition) is 0. The van der Waals surface area contributed by atoms with E-state index in [0.717, 1.165) is 0 Å². The maximum atomic E-state index is 11.1. The molecule has 0 fully saturated rings. The largest absolute Gasteiger partial charge is 0.365 e. The first-order chi connectivity index (χ1) is 3.12. The molecule has 0 aromatic heterocycles. The van der Waals surface area contributed by atoms with Crippen LogP contribution in [0.15, 0.2) is 0 Å². The van der Waals surface area contributed by atoms with Gasteiger partial charge in [0, 0.05) is 0 Å². The van der Waals surface area contributed by atoms with Crippen LogP contribution in [0.2, 0.25) is 0 Å². The van der Waals surface area contributed by atoms with Crippen molar-refractivity contribution in [3.8, 4) is 6.07 Å². The van der Waals surface area contributed by atoms with E-state index in [4.69, 9.17) is 5.26 Å². The fourth-order valence-electron chi connectivity index (χ4n) is 0.0244. The molecule has 0 atom stereocenters. The van der Waals surface area contributed by atoms with Gasteiger partial charge in [-0.1, -0.05) is 0 Å². The summed E-state index contributed by atoms with van der Waals surface area (Å²) < 4.78 is 32.9. The van der Waals surface area contributed by atoms with Crippen LogP contribution in [0.4, 0.5) is 13.2 Å². The van der Waals surface area contributed by atoms with Crippen LogP contribution in [-0.2, 0) is 0 Å². The molecule has 0 aromatic rings. The Bertz CT molecular complexity index is 92.8. The van der Waals surface area contributed by atoms with Gasteiger partial charge in [0.25, 0.3) is 0 Å². The Morgan fingerprint density at radius 1 is 1.57 bits per heavy atom. The summed E-state index contributed by atoms with van der Waals surface area (Å²) in [6.45, 7) is -0.951. The van der Waals surface area contributed by atoms with Crippen molar-refractivity contribution in [1.29, 1.82) is 5.26 Å². The Morgan fingerprint density at radius 2 is 2.00 bits per heavy atom. The van der Waals surface area contributed by atoms with Crippen LogP contribution in [0.3, 0.4) is 0 Å². The van der Waals surface area contributed by atoms with Crippen LogP contribution in [-0.4, -0.2) is 5.92 Å². The van der Waals surface area contributed by atoms with Gasteiger partial charge in [0.05, 0.1) is 0 Å². The monoisotopic (exact) mass is 108 g/mol. The molecule has 0 saturated heterocycles. The summed E-state index contributed by atoms with van der Waals surface area (Å²) in [5.74, 6) is -3.90. The van der Waals surface area contributed by atoms with Crippen LogP contribution < -0.4 is 0 Å². The molecule has 0 bridgehead atoms. The Kier molecular flexibility index (Phi) is 1.64. The van der Waals surface area contributed by atoms with Gasteiger partial charge in [-0.3, -0.25) is 0 Å². The van der Waals surface area contributed by atoms with E-state index >= 15 is 0 Å². The van der Waals surface area contributed by atoms with Crippen LogP contribution in [0.5, 0.6) is 0 Å². The van der Waals surface area contributed by atoms with E-state index in [1.54, 1.807) is 0 Å². The van der Waals surface area contributed by atoms with Crippen LogP contribution in [0, 0.1) is 18.0 Å². The zero-order valence-electron chi connectivity index (χ0n) is 3.16. The van der Waals surface area contributed by atoms with Crippen molar-refractivity contribution >= 4 is 0 Å². The summed E-state index contributed by atoms with van der Waals surface area (Å²) in [4.78, 5) is 0. The Morgan fingerprint density at radius 3 is 2.00 bits per heavy atom. The number of hydrogen-bond acceptors (Lipinski definition) is 1. The minimum absolute atomic E-state index is 0.427. The second-order valence-electron chi connectivity index (χ2n) is 0.844. The number of alkyl halides is 2. The van der Waals surface area contributed by atoms with Crippen molar-refractivity contribution in [2.75, 3.05) is 0 Å². The lowest BCUT2D eigenvalue weighted by atomic mass is 10.4. The van der Waals surface area contributed by atoms with Gasteiger partial charge < -0.3 is 0 Å². The van der Waals surface area contributed by atoms with Gasteiger partial charge >= 0.3 is 5.92 Å². The van der Waals surface area contributed by atoms with Crippen molar-refractivity contribution in [2.24, 2.45) is 0 Å². The van der Waals surface area contributed by atoms with Crippen LogP contribution >= 0.6 is 0 Å². The summed E-state index contributed by atoms with van der Waals surface area (Å²) in [5, 5.41) is 7.32. The van der Waals surface area contributed by atoms with Gasteiger partial charge in [-0.2, -0.15) is 14.0 Å². The standard InChI is InChI=1S/C3HF3N/c4-1-3(5,6)2-7/h1H. The zero-order chi connectivity index (χ0) is 5.91. The smallest absolute Gasteiger partial charge is 0.236 e. The molecule has 0 spiro atoms. The lowest BCUT2D eigenvalue weighted by Crippen LogP contribution is -2.09. The Hall–Kier alpha value is -0.720. The highest BCUT2D eigenvalue weighted by Crippen LogP contribution is 2.14. The molecule has 7 heavy (non-hydrogen) atoms. The lowest BCUT2D eigenvalue weighted by molar-refractivity contribution is 0.0726. The molecule has 39 valence electrons. The van der Waals surface area contributed by atoms with E-state index in [1.165, 1.54) is 0 Å². The molecule has 1 radical (unpaired) electrons. The van der Waals surface area contributed by atoms with Crippen molar-refractivity contribution in [2.45, 2.75) is 5.92 Å². The summed E-state index contributed by atoms with van der Waals surface area (Å²) >= 11 is 0. The van der Waals surface area contributed by atoms with E-state index in [2.05, 4.69) is 0 Å². The highest BCUT2D eigenvalue weighted by atomic mass is 19.3. The lowest BCUT2D eigenvalue weighted by Gasteiger charge is -1.94. The molecule has 0 saturated carbocycles. The van der Waals surface area contributed by atoms with E-state index in [1.807, 2.05) is 0 Å². The fraction of sp³-hybridized carbons (Fsp3) is 0.333. The number of halogens is 3. The molecule has 0 aliphatic rings. The summed E-state index contributed by atoms with van der Waals surface area (Å²) in [6.07, 6.45) is 0. The third-order valence-electron chi connectivity index (χ3n) is 0.286. The average molecular weight is 108 g/mol. The molecular weight excluding hydrogens is 107 g/mol. The molecular formula is C3HF3N. The van der Waals surface area contributed by atoms with Crippen molar-refractivity contribution < 1.29 is 13.2 Å². The van der Waals surface area contributed by atoms with Crippen molar-refractivity contribution in [1.82, 2.24) is 0 Å². The maximum Gasteiger partial charge on any atom is 0.365 e. The van der Waals surface area contributed by atoms with Crippen LogP contribution in [0.1, 0.15) is 0 Å². The molecule has 1 nitrogen and oxygen atoms in total. The van der Waals surface area contributed by atoms with Gasteiger partial charge in [0.1, 0.15) is 6.07 Å². The van der Waals surface area contributed by atoms with Crippen LogP contribution in [0.25, 0.3) is 0 Å². The first-order valence-corrected chi connectivity index (χ1v) is 1.36. The number of rotatable bonds is 1. The highest BCUT2D eigenvalue weighted by Gasteiger charge is 2.28. The Labute approximate surface area is 38.4 Å². The highest BCUT2D eigenvalue weighted by molar-refractivity contribution is 4.96. The second kappa shape index (κ2) is 1.82. The number of nitrogens with zero attached hydrogens (tertiary/aromatic N) is 1. The SMILES string of the molecule is N#CC(F)(F)[CH]F. The molecule has 0 N–H and O–H groups in total. The first-order valence-electron chi connectivity index (χ1n) is 1.36. The quantitative estimate of drug-likeness (QED) is 0.496. The van der Waals surface area contributed by atoms with Crippen molar-refractivity contribution in [3.63, 3.8) is 0 Å². The molecule has 4 heteroatoms. The predicted octanol–water partition coefficient (Wildman–Crippen LogP) is 1.28. The Balaban J connectivity index is 3.66.